The minimum Gasteiger partial charge on any atom is -0.392 e. The molecule has 2 aromatic rings. The van der Waals surface area contributed by atoms with Gasteiger partial charge in [-0.2, -0.15) is 0 Å². The number of hydrogen-bond donors (Lipinski definition) is 2. The van der Waals surface area contributed by atoms with Gasteiger partial charge >= 0.3 is 0 Å². The lowest BCUT2D eigenvalue weighted by Gasteiger charge is -2.33. The summed E-state index contributed by atoms with van der Waals surface area (Å²) in [6, 6.07) is 6.31. The maximum Gasteiger partial charge on any atom is 0.271 e. The summed E-state index contributed by atoms with van der Waals surface area (Å²) in [5.74, 6) is -0.582. The number of benzene rings is 1. The summed E-state index contributed by atoms with van der Waals surface area (Å²) in [6.45, 7) is 2.15. The van der Waals surface area contributed by atoms with Gasteiger partial charge in [0.15, 0.2) is 0 Å². The van der Waals surface area contributed by atoms with Crippen LogP contribution in [0.1, 0.15) is 41.0 Å². The molecule has 0 aliphatic heterocycles. The third kappa shape index (κ3) is 4.02. The molecule has 2 atom stereocenters. The van der Waals surface area contributed by atoms with Crippen LogP contribution >= 0.6 is 0 Å². The molecule has 132 valence electrons. The van der Waals surface area contributed by atoms with E-state index in [0.29, 0.717) is 19.4 Å². The van der Waals surface area contributed by atoms with E-state index in [9.17, 15) is 14.3 Å². The number of nitrogens with one attached hydrogen (secondary N) is 1. The van der Waals surface area contributed by atoms with Gasteiger partial charge in [0.05, 0.1) is 18.0 Å². The molecule has 1 heterocycles. The van der Waals surface area contributed by atoms with Gasteiger partial charge < -0.3 is 10.4 Å². The molecule has 0 spiro atoms. The van der Waals surface area contributed by atoms with Crippen molar-refractivity contribution in [3.05, 3.63) is 59.4 Å². The number of amides is 1. The van der Waals surface area contributed by atoms with Gasteiger partial charge in [0.2, 0.25) is 0 Å². The molecule has 1 fully saturated rings. The van der Waals surface area contributed by atoms with E-state index < -0.39 is 11.5 Å². The first-order chi connectivity index (χ1) is 12.0. The fourth-order valence-electron chi connectivity index (χ4n) is 3.46. The molecule has 1 aromatic heterocycles. The minimum atomic E-state index is -0.498. The van der Waals surface area contributed by atoms with Gasteiger partial charge in [0.1, 0.15) is 11.5 Å². The summed E-state index contributed by atoms with van der Waals surface area (Å²) in [4.78, 5) is 20.5. The van der Waals surface area contributed by atoms with Crippen molar-refractivity contribution in [2.75, 3.05) is 6.54 Å². The van der Waals surface area contributed by atoms with E-state index in [2.05, 4.69) is 15.3 Å². The van der Waals surface area contributed by atoms with Gasteiger partial charge in [0.25, 0.3) is 5.91 Å². The molecule has 3 rings (SSSR count). The SMILES string of the molecule is Cc1cnc(C(=O)NC[C@]2(Cc3ccc(F)cc3)CCC[C@H]2O)cn1. The van der Waals surface area contributed by atoms with Gasteiger partial charge in [-0.25, -0.2) is 9.37 Å². The molecular formula is C19H22FN3O2. The van der Waals surface area contributed by atoms with E-state index in [1.165, 1.54) is 18.3 Å². The van der Waals surface area contributed by atoms with Crippen LogP contribution in [0.3, 0.4) is 0 Å². The number of carbonyl (C=O) groups is 1. The van der Waals surface area contributed by atoms with Gasteiger partial charge in [-0.3, -0.25) is 9.78 Å². The van der Waals surface area contributed by atoms with Crippen LogP contribution in [0.4, 0.5) is 4.39 Å². The number of aromatic nitrogens is 2. The number of halogens is 1. The molecule has 0 saturated heterocycles. The number of carbonyl (C=O) groups excluding carboxylic acids is 1. The quantitative estimate of drug-likeness (QED) is 0.874. The Balaban J connectivity index is 1.71. The van der Waals surface area contributed by atoms with Gasteiger partial charge in [-0.15, -0.1) is 0 Å². The fourth-order valence-corrected chi connectivity index (χ4v) is 3.46. The molecule has 0 unspecified atom stereocenters. The highest BCUT2D eigenvalue weighted by atomic mass is 19.1. The number of nitrogens with zero attached hydrogens (tertiary/aromatic N) is 2. The molecule has 5 nitrogen and oxygen atoms in total. The number of aliphatic hydroxyl groups is 1. The molecule has 1 aliphatic rings. The van der Waals surface area contributed by atoms with Crippen molar-refractivity contribution >= 4 is 5.91 Å². The highest BCUT2D eigenvalue weighted by molar-refractivity contribution is 5.91. The Morgan fingerprint density at radius 1 is 1.32 bits per heavy atom. The summed E-state index contributed by atoms with van der Waals surface area (Å²) in [6.07, 6.45) is 5.52. The zero-order valence-electron chi connectivity index (χ0n) is 14.2. The number of aryl methyl sites for hydroxylation is 1. The Labute approximate surface area is 146 Å². The van der Waals surface area contributed by atoms with Crippen molar-refractivity contribution in [1.29, 1.82) is 0 Å². The first kappa shape index (κ1) is 17.5. The summed E-state index contributed by atoms with van der Waals surface area (Å²) in [7, 11) is 0. The monoisotopic (exact) mass is 343 g/mol. The lowest BCUT2D eigenvalue weighted by Crippen LogP contribution is -2.44. The van der Waals surface area contributed by atoms with Crippen LogP contribution in [0.5, 0.6) is 0 Å². The van der Waals surface area contributed by atoms with Crippen molar-refractivity contribution < 1.29 is 14.3 Å². The maximum atomic E-state index is 13.1. The van der Waals surface area contributed by atoms with E-state index in [4.69, 9.17) is 0 Å². The molecule has 0 radical (unpaired) electrons. The van der Waals surface area contributed by atoms with Crippen LogP contribution in [0, 0.1) is 18.2 Å². The first-order valence-corrected chi connectivity index (χ1v) is 8.48. The van der Waals surface area contributed by atoms with E-state index >= 15 is 0 Å². The van der Waals surface area contributed by atoms with E-state index in [-0.39, 0.29) is 17.4 Å². The molecule has 1 amide bonds. The molecule has 2 N–H and O–H groups in total. The van der Waals surface area contributed by atoms with Crippen LogP contribution in [0.2, 0.25) is 0 Å². The second kappa shape index (κ2) is 7.27. The van der Waals surface area contributed by atoms with Crippen molar-refractivity contribution in [3.8, 4) is 0 Å². The lowest BCUT2D eigenvalue weighted by atomic mass is 9.78. The van der Waals surface area contributed by atoms with Crippen LogP contribution < -0.4 is 5.32 Å². The predicted octanol–water partition coefficient (Wildman–Crippen LogP) is 2.43. The fraction of sp³-hybridized carbons (Fsp3) is 0.421. The molecule has 25 heavy (non-hydrogen) atoms. The Bertz CT molecular complexity index is 733. The highest BCUT2D eigenvalue weighted by Crippen LogP contribution is 2.40. The van der Waals surface area contributed by atoms with Gasteiger partial charge in [-0.05, 0) is 43.9 Å². The van der Waals surface area contributed by atoms with Crippen LogP contribution in [-0.4, -0.2) is 33.6 Å². The van der Waals surface area contributed by atoms with Gasteiger partial charge in [0, 0.05) is 18.2 Å². The largest absolute Gasteiger partial charge is 0.392 e. The normalized spacial score (nSPS) is 22.8. The molecule has 1 aliphatic carbocycles. The van der Waals surface area contributed by atoms with Crippen LogP contribution in [0.15, 0.2) is 36.7 Å². The van der Waals surface area contributed by atoms with Crippen molar-refractivity contribution in [2.45, 2.75) is 38.7 Å². The third-order valence-electron chi connectivity index (χ3n) is 4.94. The zero-order chi connectivity index (χ0) is 17.9. The molecule has 1 aromatic carbocycles. The smallest absolute Gasteiger partial charge is 0.271 e. The molecule has 0 bridgehead atoms. The van der Waals surface area contributed by atoms with Crippen LogP contribution in [-0.2, 0) is 6.42 Å². The average molecular weight is 343 g/mol. The second-order valence-corrected chi connectivity index (χ2v) is 6.80. The average Bonchev–Trinajstić information content (AvgIpc) is 2.96. The Hall–Kier alpha value is -2.34. The maximum absolute atomic E-state index is 13.1. The van der Waals surface area contributed by atoms with Crippen molar-refractivity contribution in [1.82, 2.24) is 15.3 Å². The number of hydrogen-bond acceptors (Lipinski definition) is 4. The summed E-state index contributed by atoms with van der Waals surface area (Å²) in [5.41, 5.74) is 1.52. The zero-order valence-corrected chi connectivity index (χ0v) is 14.2. The third-order valence-corrected chi connectivity index (χ3v) is 4.94. The lowest BCUT2D eigenvalue weighted by molar-refractivity contribution is 0.0499. The molecular weight excluding hydrogens is 321 g/mol. The standard InChI is InChI=1S/C19H22FN3O2/c1-13-10-22-16(11-21-13)18(25)23-12-19(8-2-3-17(19)24)9-14-4-6-15(20)7-5-14/h4-7,10-11,17,24H,2-3,8-9,12H2,1H3,(H,23,25)/t17-,19-/m1/s1. The number of rotatable bonds is 5. The summed E-state index contributed by atoms with van der Waals surface area (Å²) in [5, 5.41) is 13.4. The van der Waals surface area contributed by atoms with Crippen molar-refractivity contribution in [3.63, 3.8) is 0 Å². The van der Waals surface area contributed by atoms with E-state index in [0.717, 1.165) is 24.1 Å². The highest BCUT2D eigenvalue weighted by Gasteiger charge is 2.42. The van der Waals surface area contributed by atoms with Crippen molar-refractivity contribution in [2.24, 2.45) is 5.41 Å². The molecule has 6 heteroatoms. The van der Waals surface area contributed by atoms with E-state index in [1.54, 1.807) is 25.3 Å². The summed E-state index contributed by atoms with van der Waals surface area (Å²) < 4.78 is 13.1. The van der Waals surface area contributed by atoms with Crippen LogP contribution in [0.25, 0.3) is 0 Å². The topological polar surface area (TPSA) is 75.1 Å². The molecule has 1 saturated carbocycles. The number of aliphatic hydroxyl groups excluding tert-OH is 1. The Morgan fingerprint density at radius 3 is 2.68 bits per heavy atom. The first-order valence-electron chi connectivity index (χ1n) is 8.48. The Kier molecular flexibility index (Phi) is 5.08. The second-order valence-electron chi connectivity index (χ2n) is 6.80. The predicted molar refractivity (Wildman–Crippen MR) is 91.5 cm³/mol. The van der Waals surface area contributed by atoms with E-state index in [1.807, 2.05) is 0 Å². The summed E-state index contributed by atoms with van der Waals surface area (Å²) >= 11 is 0. The van der Waals surface area contributed by atoms with Gasteiger partial charge in [-0.1, -0.05) is 18.6 Å². The minimum absolute atomic E-state index is 0.259. The Morgan fingerprint density at radius 2 is 2.08 bits per heavy atom.